The molecule has 0 aliphatic rings. The van der Waals surface area contributed by atoms with Gasteiger partial charge < -0.3 is 10.1 Å². The summed E-state index contributed by atoms with van der Waals surface area (Å²) in [5, 5.41) is 6.35. The van der Waals surface area contributed by atoms with Gasteiger partial charge in [-0.3, -0.25) is 9.59 Å². The number of ether oxygens (including phenoxy) is 1. The van der Waals surface area contributed by atoms with E-state index in [9.17, 15) is 22.8 Å². The van der Waals surface area contributed by atoms with Crippen LogP contribution in [0.1, 0.15) is 16.1 Å². The molecule has 144 valence electrons. The summed E-state index contributed by atoms with van der Waals surface area (Å²) < 4.78 is 46.0. The molecule has 0 aliphatic heterocycles. The Morgan fingerprint density at radius 3 is 2.39 bits per heavy atom. The van der Waals surface area contributed by atoms with Gasteiger partial charge in [-0.1, -0.05) is 6.07 Å². The first-order valence-electron chi connectivity index (χ1n) is 8.05. The number of amides is 1. The first-order chi connectivity index (χ1) is 13.4. The molecule has 1 heterocycles. The third kappa shape index (κ3) is 4.03. The molecule has 0 atom stereocenters. The van der Waals surface area contributed by atoms with Crippen molar-refractivity contribution in [3.63, 3.8) is 0 Å². The summed E-state index contributed by atoms with van der Waals surface area (Å²) in [6.07, 6.45) is 0. The van der Waals surface area contributed by atoms with Crippen LogP contribution in [0.3, 0.4) is 0 Å². The van der Waals surface area contributed by atoms with E-state index in [1.165, 1.54) is 37.4 Å². The topological polar surface area (TPSA) is 73.2 Å². The van der Waals surface area contributed by atoms with Gasteiger partial charge >= 0.3 is 0 Å². The van der Waals surface area contributed by atoms with E-state index in [0.717, 1.165) is 16.8 Å². The maximum atomic E-state index is 13.7. The fourth-order valence-corrected chi connectivity index (χ4v) is 2.43. The standard InChI is InChI=1S/C19H14F3N3O3/c1-28-17-9-16(26)18(24-25(17)14-6-4-12(20)5-7-14)19(27)23-10-11-2-3-13(21)8-15(11)22/h2-9H,10H2,1H3,(H,23,27). The predicted octanol–water partition coefficient (Wildman–Crippen LogP) is 2.59. The van der Waals surface area contributed by atoms with Gasteiger partial charge in [0.15, 0.2) is 5.69 Å². The van der Waals surface area contributed by atoms with Gasteiger partial charge in [0.2, 0.25) is 11.3 Å². The quantitative estimate of drug-likeness (QED) is 0.728. The summed E-state index contributed by atoms with van der Waals surface area (Å²) in [6, 6.07) is 9.15. The maximum Gasteiger partial charge on any atom is 0.276 e. The normalized spacial score (nSPS) is 10.6. The number of rotatable bonds is 5. The van der Waals surface area contributed by atoms with Crippen LogP contribution >= 0.6 is 0 Å². The van der Waals surface area contributed by atoms with Crippen LogP contribution in [0.4, 0.5) is 13.2 Å². The number of nitrogens with zero attached hydrogens (tertiary/aromatic N) is 2. The van der Waals surface area contributed by atoms with Gasteiger partial charge in [0.25, 0.3) is 5.91 Å². The molecule has 3 aromatic rings. The van der Waals surface area contributed by atoms with E-state index < -0.39 is 34.5 Å². The minimum atomic E-state index is -0.854. The number of carbonyl (C=O) groups excluding carboxylic acids is 1. The number of hydrogen-bond acceptors (Lipinski definition) is 4. The second kappa shape index (κ2) is 7.95. The van der Waals surface area contributed by atoms with Crippen LogP contribution in [-0.4, -0.2) is 22.8 Å². The lowest BCUT2D eigenvalue weighted by Gasteiger charge is -2.12. The summed E-state index contributed by atoms with van der Waals surface area (Å²) in [4.78, 5) is 24.6. The Balaban J connectivity index is 1.90. The molecule has 6 nitrogen and oxygen atoms in total. The van der Waals surface area contributed by atoms with Crippen LogP contribution in [0, 0.1) is 17.5 Å². The van der Waals surface area contributed by atoms with Crippen molar-refractivity contribution in [2.24, 2.45) is 0 Å². The van der Waals surface area contributed by atoms with E-state index in [2.05, 4.69) is 10.4 Å². The van der Waals surface area contributed by atoms with Crippen molar-refractivity contribution >= 4 is 5.91 Å². The molecule has 0 aliphatic carbocycles. The molecule has 1 N–H and O–H groups in total. The van der Waals surface area contributed by atoms with E-state index in [1.807, 2.05) is 0 Å². The fourth-order valence-electron chi connectivity index (χ4n) is 2.43. The summed E-state index contributed by atoms with van der Waals surface area (Å²) >= 11 is 0. The summed E-state index contributed by atoms with van der Waals surface area (Å²) in [5.41, 5.74) is -0.779. The Morgan fingerprint density at radius 1 is 1.07 bits per heavy atom. The minimum absolute atomic E-state index is 0.0396. The zero-order valence-electron chi connectivity index (χ0n) is 14.6. The Morgan fingerprint density at radius 2 is 1.75 bits per heavy atom. The van der Waals surface area contributed by atoms with E-state index in [0.29, 0.717) is 11.8 Å². The lowest BCUT2D eigenvalue weighted by Crippen LogP contribution is -2.31. The molecule has 0 radical (unpaired) electrons. The summed E-state index contributed by atoms with van der Waals surface area (Å²) in [7, 11) is 1.31. The molecule has 0 bridgehead atoms. The highest BCUT2D eigenvalue weighted by Crippen LogP contribution is 2.15. The fraction of sp³-hybridized carbons (Fsp3) is 0.105. The molecular weight excluding hydrogens is 375 g/mol. The van der Waals surface area contributed by atoms with Gasteiger partial charge in [0.05, 0.1) is 18.9 Å². The number of halogens is 3. The molecule has 2 aromatic carbocycles. The third-order valence-corrected chi connectivity index (χ3v) is 3.85. The molecule has 3 rings (SSSR count). The SMILES string of the molecule is COc1cc(=O)c(C(=O)NCc2ccc(F)cc2F)nn1-c1ccc(F)cc1. The highest BCUT2D eigenvalue weighted by Gasteiger charge is 2.17. The Labute approximate surface area is 157 Å². The van der Waals surface area contributed by atoms with E-state index in [-0.39, 0.29) is 18.0 Å². The highest BCUT2D eigenvalue weighted by atomic mass is 19.1. The van der Waals surface area contributed by atoms with E-state index >= 15 is 0 Å². The monoisotopic (exact) mass is 389 g/mol. The Bertz CT molecular complexity index is 1080. The predicted molar refractivity (Wildman–Crippen MR) is 93.9 cm³/mol. The average Bonchev–Trinajstić information content (AvgIpc) is 2.67. The number of benzene rings is 2. The van der Waals surface area contributed by atoms with Crippen molar-refractivity contribution in [1.82, 2.24) is 15.1 Å². The molecule has 0 saturated carbocycles. The van der Waals surface area contributed by atoms with Crippen LogP contribution in [-0.2, 0) is 6.54 Å². The van der Waals surface area contributed by atoms with E-state index in [1.54, 1.807) is 0 Å². The molecule has 0 fully saturated rings. The molecule has 0 spiro atoms. The lowest BCUT2D eigenvalue weighted by atomic mass is 10.2. The van der Waals surface area contributed by atoms with Crippen molar-refractivity contribution < 1.29 is 22.7 Å². The van der Waals surface area contributed by atoms with Crippen molar-refractivity contribution in [2.45, 2.75) is 6.54 Å². The molecule has 1 amide bonds. The van der Waals surface area contributed by atoms with Crippen LogP contribution < -0.4 is 15.5 Å². The van der Waals surface area contributed by atoms with Crippen molar-refractivity contribution in [3.8, 4) is 11.6 Å². The van der Waals surface area contributed by atoms with Crippen LogP contribution in [0.15, 0.2) is 53.3 Å². The number of nitrogens with one attached hydrogen (secondary N) is 1. The zero-order chi connectivity index (χ0) is 20.3. The van der Waals surface area contributed by atoms with Gasteiger partial charge in [0.1, 0.15) is 17.5 Å². The van der Waals surface area contributed by atoms with Crippen molar-refractivity contribution in [2.75, 3.05) is 7.11 Å². The second-order valence-electron chi connectivity index (χ2n) is 5.71. The number of methoxy groups -OCH3 is 1. The first kappa shape index (κ1) is 19.2. The minimum Gasteiger partial charge on any atom is -0.481 e. The number of hydrogen-bond donors (Lipinski definition) is 1. The molecule has 0 saturated heterocycles. The molecular formula is C19H14F3N3O3. The van der Waals surface area contributed by atoms with E-state index in [4.69, 9.17) is 4.74 Å². The van der Waals surface area contributed by atoms with Crippen molar-refractivity contribution in [1.29, 1.82) is 0 Å². The first-order valence-corrected chi connectivity index (χ1v) is 8.05. The Kier molecular flexibility index (Phi) is 5.44. The van der Waals surface area contributed by atoms with Gasteiger partial charge in [-0.15, -0.1) is 0 Å². The lowest BCUT2D eigenvalue weighted by molar-refractivity contribution is 0.0942. The summed E-state index contributed by atoms with van der Waals surface area (Å²) in [6.45, 7) is -0.269. The number of carbonyl (C=O) groups is 1. The van der Waals surface area contributed by atoms with Crippen LogP contribution in [0.2, 0.25) is 0 Å². The average molecular weight is 389 g/mol. The Hall–Kier alpha value is -3.62. The molecule has 1 aromatic heterocycles. The van der Waals surface area contributed by atoms with Gasteiger partial charge in [-0.2, -0.15) is 5.10 Å². The smallest absolute Gasteiger partial charge is 0.276 e. The van der Waals surface area contributed by atoms with Crippen LogP contribution in [0.25, 0.3) is 5.69 Å². The zero-order valence-corrected chi connectivity index (χ0v) is 14.6. The molecule has 9 heteroatoms. The van der Waals surface area contributed by atoms with Crippen molar-refractivity contribution in [3.05, 3.63) is 87.5 Å². The van der Waals surface area contributed by atoms with Gasteiger partial charge in [-0.25, -0.2) is 17.9 Å². The largest absolute Gasteiger partial charge is 0.481 e. The maximum absolute atomic E-state index is 13.7. The number of aromatic nitrogens is 2. The second-order valence-corrected chi connectivity index (χ2v) is 5.71. The van der Waals surface area contributed by atoms with Gasteiger partial charge in [-0.05, 0) is 30.3 Å². The highest BCUT2D eigenvalue weighted by molar-refractivity contribution is 5.92. The molecule has 28 heavy (non-hydrogen) atoms. The third-order valence-electron chi connectivity index (χ3n) is 3.85. The summed E-state index contributed by atoms with van der Waals surface area (Å²) in [5.74, 6) is -2.86. The molecule has 0 unspecified atom stereocenters. The van der Waals surface area contributed by atoms with Crippen LogP contribution in [0.5, 0.6) is 5.88 Å². The van der Waals surface area contributed by atoms with Gasteiger partial charge in [0, 0.05) is 18.2 Å².